The third-order valence-corrected chi connectivity index (χ3v) is 4.27. The van der Waals surface area contributed by atoms with Crippen LogP contribution in [0.1, 0.15) is 45.0 Å². The van der Waals surface area contributed by atoms with Gasteiger partial charge < -0.3 is 20.9 Å². The number of aromatic nitrogens is 2. The zero-order valence-electron chi connectivity index (χ0n) is 16.4. The molecule has 0 saturated heterocycles. The maximum absolute atomic E-state index is 12.1. The molecule has 27 heavy (non-hydrogen) atoms. The van der Waals surface area contributed by atoms with Gasteiger partial charge in [0.2, 0.25) is 11.8 Å². The van der Waals surface area contributed by atoms with Crippen LogP contribution in [0.25, 0.3) is 0 Å². The summed E-state index contributed by atoms with van der Waals surface area (Å²) in [5, 5.41) is 5.37. The van der Waals surface area contributed by atoms with E-state index in [4.69, 9.17) is 5.73 Å². The molecule has 0 bridgehead atoms. The fourth-order valence-electron chi connectivity index (χ4n) is 2.69. The summed E-state index contributed by atoms with van der Waals surface area (Å²) in [7, 11) is 0. The van der Waals surface area contributed by atoms with E-state index < -0.39 is 6.04 Å². The van der Waals surface area contributed by atoms with Crippen LogP contribution in [0, 0.1) is 5.92 Å². The molecule has 0 unspecified atom stereocenters. The van der Waals surface area contributed by atoms with Crippen molar-refractivity contribution < 1.29 is 9.59 Å². The van der Waals surface area contributed by atoms with Gasteiger partial charge in [-0.3, -0.25) is 9.59 Å². The molecule has 0 aliphatic carbocycles. The number of hydrogen-bond acceptors (Lipinski definition) is 4. The second-order valence-corrected chi connectivity index (χ2v) is 7.30. The van der Waals surface area contributed by atoms with Crippen molar-refractivity contribution in [2.75, 3.05) is 11.9 Å². The Morgan fingerprint density at radius 2 is 1.96 bits per heavy atom. The normalized spacial score (nSPS) is 12.3. The average Bonchev–Trinajstić information content (AvgIpc) is 3.07. The monoisotopic (exact) mass is 371 g/mol. The van der Waals surface area contributed by atoms with Crippen molar-refractivity contribution in [1.29, 1.82) is 0 Å². The van der Waals surface area contributed by atoms with E-state index in [2.05, 4.69) is 34.0 Å². The van der Waals surface area contributed by atoms with Gasteiger partial charge in [0.25, 0.3) is 0 Å². The van der Waals surface area contributed by atoms with Gasteiger partial charge >= 0.3 is 0 Å². The summed E-state index contributed by atoms with van der Waals surface area (Å²) in [6.45, 7) is 8.51. The van der Waals surface area contributed by atoms with Gasteiger partial charge in [-0.2, -0.15) is 0 Å². The molecule has 0 radical (unpaired) electrons. The maximum Gasteiger partial charge on any atom is 0.243 e. The summed E-state index contributed by atoms with van der Waals surface area (Å²) >= 11 is 0. The number of rotatable bonds is 8. The lowest BCUT2D eigenvalue weighted by Crippen LogP contribution is -2.46. The third-order valence-electron chi connectivity index (χ3n) is 4.27. The molecule has 1 aromatic carbocycles. The van der Waals surface area contributed by atoms with Gasteiger partial charge in [-0.05, 0) is 23.6 Å². The highest BCUT2D eigenvalue weighted by Gasteiger charge is 2.17. The summed E-state index contributed by atoms with van der Waals surface area (Å²) in [6.07, 6.45) is 3.75. The van der Waals surface area contributed by atoms with Crippen LogP contribution in [0.15, 0.2) is 36.7 Å². The first-order chi connectivity index (χ1) is 12.8. The molecule has 4 N–H and O–H groups in total. The Morgan fingerprint density at radius 3 is 2.63 bits per heavy atom. The van der Waals surface area contributed by atoms with Gasteiger partial charge in [0.05, 0.1) is 12.6 Å². The second-order valence-electron chi connectivity index (χ2n) is 7.30. The molecule has 1 heterocycles. The molecule has 0 aliphatic heterocycles. The van der Waals surface area contributed by atoms with Crippen LogP contribution < -0.4 is 16.4 Å². The van der Waals surface area contributed by atoms with E-state index in [0.29, 0.717) is 18.2 Å². The number of amides is 2. The minimum absolute atomic E-state index is 0.0173. The first-order valence-electron chi connectivity index (χ1n) is 9.21. The maximum atomic E-state index is 12.1. The minimum atomic E-state index is -0.619. The molecular weight excluding hydrogens is 342 g/mol. The Hall–Kier alpha value is -2.67. The van der Waals surface area contributed by atoms with Crippen molar-refractivity contribution in [1.82, 2.24) is 14.9 Å². The van der Waals surface area contributed by atoms with Gasteiger partial charge in [-0.25, -0.2) is 4.98 Å². The van der Waals surface area contributed by atoms with E-state index in [-0.39, 0.29) is 24.3 Å². The number of carbonyl (C=O) groups excluding carboxylic acids is 2. The number of carbonyl (C=O) groups is 2. The molecule has 1 aromatic heterocycles. The molecule has 0 aliphatic rings. The smallest absolute Gasteiger partial charge is 0.243 e. The number of hydrogen-bond donors (Lipinski definition) is 3. The number of benzene rings is 1. The molecule has 2 rings (SSSR count). The summed E-state index contributed by atoms with van der Waals surface area (Å²) < 4.78 is 2.10. The predicted octanol–water partition coefficient (Wildman–Crippen LogP) is 2.09. The summed E-state index contributed by atoms with van der Waals surface area (Å²) in [5.74, 6) is 0.762. The number of nitrogens with one attached hydrogen (secondary N) is 2. The zero-order valence-corrected chi connectivity index (χ0v) is 16.4. The van der Waals surface area contributed by atoms with Crippen LogP contribution in [0.5, 0.6) is 0 Å². The summed E-state index contributed by atoms with van der Waals surface area (Å²) in [5.41, 5.74) is 7.51. The Labute approximate surface area is 160 Å². The standard InChI is InChI=1S/C20H29N5O2/c1-13(2)18(21)20(27)23-11-17(26)24-16-7-5-6-15(10-16)12-25-9-8-22-19(25)14(3)4/h5-10,13-14,18H,11-12,21H2,1-4H3,(H,23,27)(H,24,26)/t18-/m0/s1. The first-order valence-corrected chi connectivity index (χ1v) is 9.21. The quantitative estimate of drug-likeness (QED) is 0.661. The molecule has 7 heteroatoms. The highest BCUT2D eigenvalue weighted by atomic mass is 16.2. The third kappa shape index (κ3) is 5.92. The SMILES string of the molecule is CC(C)c1nccn1Cc1cccc(NC(=O)CNC(=O)[C@@H](N)C(C)C)c1. The van der Waals surface area contributed by atoms with E-state index in [1.54, 1.807) is 6.20 Å². The first kappa shape index (κ1) is 20.6. The van der Waals surface area contributed by atoms with E-state index in [1.807, 2.05) is 44.3 Å². The fraction of sp³-hybridized carbons (Fsp3) is 0.450. The van der Waals surface area contributed by atoms with Crippen molar-refractivity contribution in [3.63, 3.8) is 0 Å². The van der Waals surface area contributed by atoms with Crippen molar-refractivity contribution in [2.45, 2.75) is 46.2 Å². The Balaban J connectivity index is 1.94. The van der Waals surface area contributed by atoms with Crippen LogP contribution >= 0.6 is 0 Å². The van der Waals surface area contributed by atoms with Gasteiger partial charge in [-0.1, -0.05) is 39.8 Å². The topological polar surface area (TPSA) is 102 Å². The fourth-order valence-corrected chi connectivity index (χ4v) is 2.69. The lowest BCUT2D eigenvalue weighted by molar-refractivity contribution is -0.125. The van der Waals surface area contributed by atoms with Crippen LogP contribution in [0.4, 0.5) is 5.69 Å². The number of anilines is 1. The minimum Gasteiger partial charge on any atom is -0.346 e. The van der Waals surface area contributed by atoms with E-state index in [0.717, 1.165) is 11.4 Å². The van der Waals surface area contributed by atoms with E-state index in [9.17, 15) is 9.59 Å². The number of nitrogens with two attached hydrogens (primary N) is 1. The molecule has 7 nitrogen and oxygen atoms in total. The van der Waals surface area contributed by atoms with Crippen molar-refractivity contribution in [2.24, 2.45) is 11.7 Å². The van der Waals surface area contributed by atoms with Crippen LogP contribution in [0.2, 0.25) is 0 Å². The van der Waals surface area contributed by atoms with E-state index in [1.165, 1.54) is 0 Å². The largest absolute Gasteiger partial charge is 0.346 e. The van der Waals surface area contributed by atoms with Gasteiger partial charge in [0.15, 0.2) is 0 Å². The average molecular weight is 371 g/mol. The van der Waals surface area contributed by atoms with Gasteiger partial charge in [0, 0.05) is 30.5 Å². The lowest BCUT2D eigenvalue weighted by Gasteiger charge is -2.15. The summed E-state index contributed by atoms with van der Waals surface area (Å²) in [6, 6.07) is 7.02. The lowest BCUT2D eigenvalue weighted by atomic mass is 10.1. The number of imidazole rings is 1. The molecule has 0 spiro atoms. The number of nitrogens with zero attached hydrogens (tertiary/aromatic N) is 2. The van der Waals surface area contributed by atoms with Crippen LogP contribution in [-0.2, 0) is 16.1 Å². The van der Waals surface area contributed by atoms with Gasteiger partial charge in [0.1, 0.15) is 5.82 Å². The van der Waals surface area contributed by atoms with E-state index >= 15 is 0 Å². The zero-order chi connectivity index (χ0) is 20.0. The molecule has 0 fully saturated rings. The van der Waals surface area contributed by atoms with Crippen LogP contribution in [0.3, 0.4) is 0 Å². The molecule has 2 amide bonds. The molecule has 0 saturated carbocycles. The molecule has 1 atom stereocenters. The predicted molar refractivity (Wildman–Crippen MR) is 106 cm³/mol. The molecule has 2 aromatic rings. The van der Waals surface area contributed by atoms with Crippen molar-refractivity contribution in [3.8, 4) is 0 Å². The van der Waals surface area contributed by atoms with Crippen molar-refractivity contribution >= 4 is 17.5 Å². The summed E-state index contributed by atoms with van der Waals surface area (Å²) in [4.78, 5) is 28.3. The second kappa shape index (κ2) is 9.32. The van der Waals surface area contributed by atoms with Gasteiger partial charge in [-0.15, -0.1) is 0 Å². The highest BCUT2D eigenvalue weighted by molar-refractivity contribution is 5.95. The Kier molecular flexibility index (Phi) is 7.12. The van der Waals surface area contributed by atoms with Crippen molar-refractivity contribution in [3.05, 3.63) is 48.0 Å². The molecular formula is C20H29N5O2. The molecule has 146 valence electrons. The Bertz CT molecular complexity index is 782. The van der Waals surface area contributed by atoms with Crippen LogP contribution in [-0.4, -0.2) is 34.0 Å². The highest BCUT2D eigenvalue weighted by Crippen LogP contribution is 2.16. The Morgan fingerprint density at radius 1 is 1.22 bits per heavy atom.